The Balaban J connectivity index is 1.78. The van der Waals surface area contributed by atoms with Gasteiger partial charge in [0.05, 0.1) is 5.56 Å². The van der Waals surface area contributed by atoms with Gasteiger partial charge in [-0.05, 0) is 30.9 Å². The van der Waals surface area contributed by atoms with Gasteiger partial charge in [-0.25, -0.2) is 4.79 Å². The van der Waals surface area contributed by atoms with E-state index in [4.69, 9.17) is 14.3 Å². The summed E-state index contributed by atoms with van der Waals surface area (Å²) in [6.07, 6.45) is 2.70. The normalized spacial score (nSPS) is 16.4. The van der Waals surface area contributed by atoms with Gasteiger partial charge in [0.1, 0.15) is 6.26 Å². The van der Waals surface area contributed by atoms with Crippen molar-refractivity contribution in [2.75, 3.05) is 19.8 Å². The van der Waals surface area contributed by atoms with Crippen LogP contribution in [0, 0.1) is 6.92 Å². The van der Waals surface area contributed by atoms with E-state index in [9.17, 15) is 9.59 Å². The van der Waals surface area contributed by atoms with Crippen molar-refractivity contribution in [1.82, 2.24) is 5.32 Å². The minimum absolute atomic E-state index is 0.00407. The number of benzene rings is 1. The first kappa shape index (κ1) is 17.2. The maximum absolute atomic E-state index is 12.4. The number of amides is 1. The molecule has 1 fully saturated rings. The summed E-state index contributed by atoms with van der Waals surface area (Å²) >= 11 is 0. The summed E-state index contributed by atoms with van der Waals surface area (Å²) in [5, 5.41) is 11.8. The molecule has 2 aromatic rings. The van der Waals surface area contributed by atoms with Gasteiger partial charge < -0.3 is 19.6 Å². The first-order valence-electron chi connectivity index (χ1n) is 8.26. The molecule has 1 saturated heterocycles. The second-order valence-electron chi connectivity index (χ2n) is 6.40. The predicted molar refractivity (Wildman–Crippen MR) is 90.9 cm³/mol. The van der Waals surface area contributed by atoms with Crippen LogP contribution in [0.1, 0.15) is 44.9 Å². The fraction of sp³-hybridized carbons (Fsp3) is 0.368. The van der Waals surface area contributed by atoms with Crippen LogP contribution < -0.4 is 5.32 Å². The van der Waals surface area contributed by atoms with Crippen LogP contribution in [-0.2, 0) is 10.2 Å². The van der Waals surface area contributed by atoms with E-state index in [1.54, 1.807) is 0 Å². The van der Waals surface area contributed by atoms with Crippen molar-refractivity contribution in [2.24, 2.45) is 0 Å². The number of carboxylic acids is 1. The molecule has 1 aromatic heterocycles. The molecule has 1 aliphatic heterocycles. The van der Waals surface area contributed by atoms with Crippen molar-refractivity contribution < 1.29 is 23.8 Å². The lowest BCUT2D eigenvalue weighted by Gasteiger charge is -2.38. The Hall–Kier alpha value is -2.60. The lowest BCUT2D eigenvalue weighted by Crippen LogP contribution is -2.45. The molecule has 1 aliphatic rings. The number of ether oxygens (including phenoxy) is 1. The summed E-state index contributed by atoms with van der Waals surface area (Å²) in [5.41, 5.74) is 2.17. The first-order chi connectivity index (χ1) is 12.0. The van der Waals surface area contributed by atoms with Crippen LogP contribution in [0.4, 0.5) is 0 Å². The fourth-order valence-corrected chi connectivity index (χ4v) is 3.38. The standard InChI is InChI=1S/C19H21NO5/c1-13-4-2-3-5-15(13)19(6-8-24-9-7-19)12-20-17(21)16-10-14(11-25-16)18(22)23/h2-5,10-11H,6-9,12H2,1H3,(H,20,21)(H,22,23). The topological polar surface area (TPSA) is 88.8 Å². The van der Waals surface area contributed by atoms with Gasteiger partial charge in [0.25, 0.3) is 5.91 Å². The number of aromatic carboxylic acids is 1. The third-order valence-electron chi connectivity index (χ3n) is 4.82. The molecule has 0 aliphatic carbocycles. The van der Waals surface area contributed by atoms with Gasteiger partial charge in [-0.3, -0.25) is 4.79 Å². The quantitative estimate of drug-likeness (QED) is 0.871. The highest BCUT2D eigenvalue weighted by Crippen LogP contribution is 2.36. The van der Waals surface area contributed by atoms with Gasteiger partial charge in [0, 0.05) is 31.2 Å². The monoisotopic (exact) mass is 343 g/mol. The molecule has 25 heavy (non-hydrogen) atoms. The number of rotatable bonds is 5. The van der Waals surface area contributed by atoms with Crippen molar-refractivity contribution in [3.63, 3.8) is 0 Å². The van der Waals surface area contributed by atoms with Gasteiger partial charge in [-0.1, -0.05) is 24.3 Å². The molecule has 0 unspecified atom stereocenters. The number of carbonyl (C=O) groups excluding carboxylic acids is 1. The van der Waals surface area contributed by atoms with Crippen LogP contribution in [0.25, 0.3) is 0 Å². The molecule has 2 heterocycles. The van der Waals surface area contributed by atoms with Crippen LogP contribution >= 0.6 is 0 Å². The Morgan fingerprint density at radius 1 is 1.24 bits per heavy atom. The molecule has 0 atom stereocenters. The van der Waals surface area contributed by atoms with E-state index in [1.165, 1.54) is 17.2 Å². The van der Waals surface area contributed by atoms with Crippen LogP contribution in [0.3, 0.4) is 0 Å². The maximum atomic E-state index is 12.4. The zero-order valence-corrected chi connectivity index (χ0v) is 14.1. The maximum Gasteiger partial charge on any atom is 0.338 e. The van der Waals surface area contributed by atoms with Gasteiger partial charge in [0.15, 0.2) is 5.76 Å². The smallest absolute Gasteiger partial charge is 0.338 e. The van der Waals surface area contributed by atoms with Crippen LogP contribution in [0.2, 0.25) is 0 Å². The number of hydrogen-bond donors (Lipinski definition) is 2. The highest BCUT2D eigenvalue weighted by atomic mass is 16.5. The van der Waals surface area contributed by atoms with E-state index in [0.29, 0.717) is 19.8 Å². The van der Waals surface area contributed by atoms with E-state index in [2.05, 4.69) is 24.4 Å². The van der Waals surface area contributed by atoms with Crippen molar-refractivity contribution in [3.8, 4) is 0 Å². The average Bonchev–Trinajstić information content (AvgIpc) is 3.11. The number of furan rings is 1. The van der Waals surface area contributed by atoms with Gasteiger partial charge in [-0.2, -0.15) is 0 Å². The molecule has 1 aromatic carbocycles. The van der Waals surface area contributed by atoms with E-state index in [0.717, 1.165) is 19.1 Å². The lowest BCUT2D eigenvalue weighted by molar-refractivity contribution is 0.0482. The third kappa shape index (κ3) is 3.58. The number of aryl methyl sites for hydroxylation is 1. The van der Waals surface area contributed by atoms with Crippen molar-refractivity contribution >= 4 is 11.9 Å². The zero-order chi connectivity index (χ0) is 17.9. The summed E-state index contributed by atoms with van der Waals surface area (Å²) in [7, 11) is 0. The van der Waals surface area contributed by atoms with Crippen LogP contribution in [0.15, 0.2) is 41.0 Å². The molecule has 6 nitrogen and oxygen atoms in total. The average molecular weight is 343 g/mol. The number of carboxylic acid groups (broad SMARTS) is 1. The number of hydrogen-bond acceptors (Lipinski definition) is 4. The van der Waals surface area contributed by atoms with E-state index in [-0.39, 0.29) is 16.7 Å². The Bertz CT molecular complexity index is 774. The zero-order valence-electron chi connectivity index (χ0n) is 14.1. The third-order valence-corrected chi connectivity index (χ3v) is 4.82. The van der Waals surface area contributed by atoms with Crippen molar-refractivity contribution in [3.05, 3.63) is 59.0 Å². The first-order valence-corrected chi connectivity index (χ1v) is 8.26. The summed E-state index contributed by atoms with van der Waals surface area (Å²) in [6.45, 7) is 3.81. The summed E-state index contributed by atoms with van der Waals surface area (Å²) in [5.74, 6) is -1.53. The molecule has 132 valence electrons. The van der Waals surface area contributed by atoms with E-state index in [1.807, 2.05) is 12.1 Å². The molecule has 0 bridgehead atoms. The van der Waals surface area contributed by atoms with Gasteiger partial charge in [0.2, 0.25) is 0 Å². The second kappa shape index (κ2) is 7.11. The van der Waals surface area contributed by atoms with E-state index < -0.39 is 11.9 Å². The Morgan fingerprint density at radius 3 is 2.60 bits per heavy atom. The SMILES string of the molecule is Cc1ccccc1C1(CNC(=O)c2cc(C(=O)O)co2)CCOCC1. The summed E-state index contributed by atoms with van der Waals surface area (Å²) in [6, 6.07) is 9.41. The Morgan fingerprint density at radius 2 is 1.96 bits per heavy atom. The molecular weight excluding hydrogens is 322 g/mol. The van der Waals surface area contributed by atoms with Crippen molar-refractivity contribution in [2.45, 2.75) is 25.2 Å². The highest BCUT2D eigenvalue weighted by Gasteiger charge is 2.36. The predicted octanol–water partition coefficient (Wildman–Crippen LogP) is 2.76. The second-order valence-corrected chi connectivity index (χ2v) is 6.40. The minimum Gasteiger partial charge on any atom is -0.478 e. The molecule has 0 radical (unpaired) electrons. The Labute approximate surface area is 145 Å². The summed E-state index contributed by atoms with van der Waals surface area (Å²) in [4.78, 5) is 23.3. The van der Waals surface area contributed by atoms with Gasteiger partial charge in [-0.15, -0.1) is 0 Å². The highest BCUT2D eigenvalue weighted by molar-refractivity contribution is 5.95. The number of nitrogens with one attached hydrogen (secondary N) is 1. The number of carbonyl (C=O) groups is 2. The molecule has 1 amide bonds. The molecule has 6 heteroatoms. The molecule has 3 rings (SSSR count). The fourth-order valence-electron chi connectivity index (χ4n) is 3.38. The minimum atomic E-state index is -1.12. The molecule has 2 N–H and O–H groups in total. The van der Waals surface area contributed by atoms with Crippen LogP contribution in [-0.4, -0.2) is 36.7 Å². The lowest BCUT2D eigenvalue weighted by atomic mass is 9.72. The van der Waals surface area contributed by atoms with Crippen LogP contribution in [0.5, 0.6) is 0 Å². The van der Waals surface area contributed by atoms with Gasteiger partial charge >= 0.3 is 5.97 Å². The summed E-state index contributed by atoms with van der Waals surface area (Å²) < 4.78 is 10.6. The van der Waals surface area contributed by atoms with E-state index >= 15 is 0 Å². The molecule has 0 saturated carbocycles. The largest absolute Gasteiger partial charge is 0.478 e. The molecular formula is C19H21NO5. The van der Waals surface area contributed by atoms with Crippen molar-refractivity contribution in [1.29, 1.82) is 0 Å². The molecule has 0 spiro atoms. The Kier molecular flexibility index (Phi) is 4.90.